The number of ether oxygens (including phenoxy) is 2. The Bertz CT molecular complexity index is 1190. The molecule has 0 aliphatic heterocycles. The summed E-state index contributed by atoms with van der Waals surface area (Å²) in [6.07, 6.45) is 0. The van der Waals surface area contributed by atoms with Crippen molar-refractivity contribution in [3.63, 3.8) is 0 Å². The maximum atomic E-state index is 12.7. The van der Waals surface area contributed by atoms with Crippen molar-refractivity contribution in [2.24, 2.45) is 0 Å². The first-order chi connectivity index (χ1) is 15.2. The van der Waals surface area contributed by atoms with Gasteiger partial charge in [0.2, 0.25) is 0 Å². The number of sulfonamides is 1. The van der Waals surface area contributed by atoms with Crippen LogP contribution in [-0.2, 0) is 14.8 Å². The molecule has 0 unspecified atom stereocenters. The molecule has 0 radical (unpaired) electrons. The third-order valence-electron chi connectivity index (χ3n) is 4.78. The monoisotopic (exact) mass is 454 g/mol. The van der Waals surface area contributed by atoms with E-state index in [-0.39, 0.29) is 17.4 Å². The number of amides is 1. The number of methoxy groups -OCH3 is 1. The number of benzene rings is 3. The van der Waals surface area contributed by atoms with Gasteiger partial charge in [0.05, 0.1) is 12.0 Å². The minimum atomic E-state index is -3.74. The highest BCUT2D eigenvalue weighted by atomic mass is 32.2. The molecule has 1 N–H and O–H groups in total. The van der Waals surface area contributed by atoms with E-state index >= 15 is 0 Å². The molecule has 7 nitrogen and oxygen atoms in total. The number of rotatable bonds is 8. The number of hydrogen-bond acceptors (Lipinski definition) is 5. The normalized spacial score (nSPS) is 11.0. The maximum Gasteiger partial charge on any atom is 0.264 e. The zero-order valence-corrected chi connectivity index (χ0v) is 19.3. The summed E-state index contributed by atoms with van der Waals surface area (Å²) in [5.41, 5.74) is 3.12. The van der Waals surface area contributed by atoms with Crippen LogP contribution in [0.5, 0.6) is 11.5 Å². The molecule has 0 aliphatic carbocycles. The summed E-state index contributed by atoms with van der Waals surface area (Å²) in [5.74, 6) is 0.781. The van der Waals surface area contributed by atoms with Crippen LogP contribution in [-0.4, -0.2) is 35.1 Å². The Morgan fingerprint density at radius 1 is 0.938 bits per heavy atom. The molecule has 0 aliphatic rings. The van der Waals surface area contributed by atoms with Crippen molar-refractivity contribution in [3.05, 3.63) is 77.9 Å². The number of likely N-dealkylation sites (N-methyl/N-ethyl adjacent to an activating group) is 1. The number of nitrogens with zero attached hydrogens (tertiary/aromatic N) is 1. The van der Waals surface area contributed by atoms with E-state index in [1.807, 2.05) is 19.9 Å². The molecule has 1 amide bonds. The summed E-state index contributed by atoms with van der Waals surface area (Å²) in [6, 6.07) is 18.6. The lowest BCUT2D eigenvalue weighted by Crippen LogP contribution is -2.31. The van der Waals surface area contributed by atoms with Crippen LogP contribution in [0.1, 0.15) is 11.1 Å². The van der Waals surface area contributed by atoms with Gasteiger partial charge in [-0.05, 0) is 73.5 Å². The van der Waals surface area contributed by atoms with Gasteiger partial charge < -0.3 is 14.4 Å². The van der Waals surface area contributed by atoms with Gasteiger partial charge in [-0.2, -0.15) is 0 Å². The first kappa shape index (κ1) is 23.1. The third kappa shape index (κ3) is 5.79. The minimum Gasteiger partial charge on any atom is -0.497 e. The summed E-state index contributed by atoms with van der Waals surface area (Å²) in [7, 11) is -0.535. The Kier molecular flexibility index (Phi) is 7.05. The highest BCUT2D eigenvalue weighted by molar-refractivity contribution is 7.92. The molecule has 0 bridgehead atoms. The van der Waals surface area contributed by atoms with Gasteiger partial charge in [0, 0.05) is 24.5 Å². The van der Waals surface area contributed by atoms with Crippen LogP contribution in [0.15, 0.2) is 71.6 Å². The van der Waals surface area contributed by atoms with Crippen molar-refractivity contribution in [2.75, 3.05) is 30.4 Å². The van der Waals surface area contributed by atoms with E-state index in [1.165, 1.54) is 29.2 Å². The van der Waals surface area contributed by atoms with Gasteiger partial charge in [0.15, 0.2) is 6.61 Å². The average molecular weight is 455 g/mol. The minimum absolute atomic E-state index is 0.101. The summed E-state index contributed by atoms with van der Waals surface area (Å²) in [4.78, 5) is 14.0. The Labute approximate surface area is 188 Å². The van der Waals surface area contributed by atoms with E-state index in [4.69, 9.17) is 9.47 Å². The SMILES string of the molecule is COc1cccc(N(C)C(=O)COc2ccc(S(=O)(=O)Nc3cc(C)cc(C)c3)cc2)c1. The van der Waals surface area contributed by atoms with Gasteiger partial charge in [-0.25, -0.2) is 8.42 Å². The molecule has 0 heterocycles. The fraction of sp³-hybridized carbons (Fsp3) is 0.208. The van der Waals surface area contributed by atoms with Crippen LogP contribution >= 0.6 is 0 Å². The van der Waals surface area contributed by atoms with Crippen molar-refractivity contribution < 1.29 is 22.7 Å². The van der Waals surface area contributed by atoms with Crippen LogP contribution in [0, 0.1) is 13.8 Å². The fourth-order valence-electron chi connectivity index (χ4n) is 3.17. The molecule has 0 fully saturated rings. The Morgan fingerprint density at radius 2 is 1.59 bits per heavy atom. The Hall–Kier alpha value is -3.52. The first-order valence-electron chi connectivity index (χ1n) is 9.92. The van der Waals surface area contributed by atoms with Gasteiger partial charge in [-0.1, -0.05) is 12.1 Å². The topological polar surface area (TPSA) is 84.9 Å². The first-order valence-corrected chi connectivity index (χ1v) is 11.4. The highest BCUT2D eigenvalue weighted by Crippen LogP contribution is 2.22. The summed E-state index contributed by atoms with van der Waals surface area (Å²) in [5, 5.41) is 0. The molecule has 0 saturated heterocycles. The molecule has 32 heavy (non-hydrogen) atoms. The number of carbonyl (C=O) groups excluding carboxylic acids is 1. The third-order valence-corrected chi connectivity index (χ3v) is 6.18. The number of aryl methyl sites for hydroxylation is 2. The zero-order chi connectivity index (χ0) is 23.3. The van der Waals surface area contributed by atoms with Crippen LogP contribution in [0.3, 0.4) is 0 Å². The molecule has 0 atom stereocenters. The molecule has 3 aromatic carbocycles. The van der Waals surface area contributed by atoms with Gasteiger partial charge in [0.1, 0.15) is 11.5 Å². The van der Waals surface area contributed by atoms with Crippen molar-refractivity contribution in [2.45, 2.75) is 18.7 Å². The molecule has 8 heteroatoms. The molecule has 168 valence electrons. The number of nitrogens with one attached hydrogen (secondary N) is 1. The van der Waals surface area contributed by atoms with Crippen molar-refractivity contribution in [3.8, 4) is 11.5 Å². The molecule has 0 spiro atoms. The van der Waals surface area contributed by atoms with E-state index in [0.717, 1.165) is 11.1 Å². The molecule has 3 aromatic rings. The largest absolute Gasteiger partial charge is 0.497 e. The molecule has 0 aromatic heterocycles. The highest BCUT2D eigenvalue weighted by Gasteiger charge is 2.16. The second kappa shape index (κ2) is 9.74. The van der Waals surface area contributed by atoms with Crippen molar-refractivity contribution in [1.29, 1.82) is 0 Å². The lowest BCUT2D eigenvalue weighted by atomic mass is 10.1. The van der Waals surface area contributed by atoms with Crippen LogP contribution in [0.4, 0.5) is 11.4 Å². The second-order valence-electron chi connectivity index (χ2n) is 7.40. The molecule has 3 rings (SSSR count). The predicted octanol–water partition coefficient (Wildman–Crippen LogP) is 4.15. The molecule has 0 saturated carbocycles. The number of anilines is 2. The fourth-order valence-corrected chi connectivity index (χ4v) is 4.21. The quantitative estimate of drug-likeness (QED) is 0.553. The summed E-state index contributed by atoms with van der Waals surface area (Å²) >= 11 is 0. The second-order valence-corrected chi connectivity index (χ2v) is 9.08. The van der Waals surface area contributed by atoms with Gasteiger partial charge >= 0.3 is 0 Å². The van der Waals surface area contributed by atoms with E-state index in [9.17, 15) is 13.2 Å². The number of carbonyl (C=O) groups is 1. The van der Waals surface area contributed by atoms with E-state index in [1.54, 1.807) is 50.6 Å². The summed E-state index contributed by atoms with van der Waals surface area (Å²) in [6.45, 7) is 3.62. The van der Waals surface area contributed by atoms with Crippen molar-refractivity contribution in [1.82, 2.24) is 0 Å². The van der Waals surface area contributed by atoms with Gasteiger partial charge in [-0.15, -0.1) is 0 Å². The van der Waals surface area contributed by atoms with Crippen LogP contribution in [0.2, 0.25) is 0 Å². The molecular weight excluding hydrogens is 428 g/mol. The van der Waals surface area contributed by atoms with Crippen molar-refractivity contribution >= 4 is 27.3 Å². The van der Waals surface area contributed by atoms with E-state index < -0.39 is 10.0 Å². The lowest BCUT2D eigenvalue weighted by molar-refractivity contribution is -0.120. The van der Waals surface area contributed by atoms with Gasteiger partial charge in [-0.3, -0.25) is 9.52 Å². The van der Waals surface area contributed by atoms with E-state index in [2.05, 4.69) is 4.72 Å². The molecular formula is C24H26N2O5S. The number of hydrogen-bond donors (Lipinski definition) is 1. The summed E-state index contributed by atoms with van der Waals surface area (Å²) < 4.78 is 38.7. The smallest absolute Gasteiger partial charge is 0.264 e. The Morgan fingerprint density at radius 3 is 2.22 bits per heavy atom. The van der Waals surface area contributed by atoms with E-state index in [0.29, 0.717) is 22.9 Å². The Balaban J connectivity index is 1.63. The van der Waals surface area contributed by atoms with Crippen LogP contribution in [0.25, 0.3) is 0 Å². The maximum absolute atomic E-state index is 12.7. The van der Waals surface area contributed by atoms with Gasteiger partial charge in [0.25, 0.3) is 15.9 Å². The standard InChI is InChI=1S/C24H26N2O5S/c1-17-12-18(2)14-19(13-17)25-32(28,29)23-10-8-21(9-11-23)31-16-24(27)26(3)20-6-5-7-22(15-20)30-4/h5-15,25H,16H2,1-4H3. The lowest BCUT2D eigenvalue weighted by Gasteiger charge is -2.18. The van der Waals surface area contributed by atoms with Crippen LogP contribution < -0.4 is 19.1 Å². The predicted molar refractivity (Wildman–Crippen MR) is 125 cm³/mol. The zero-order valence-electron chi connectivity index (χ0n) is 18.5. The average Bonchev–Trinajstić information content (AvgIpc) is 2.76.